The van der Waals surface area contributed by atoms with Crippen LogP contribution in [-0.4, -0.2) is 31.1 Å². The molecular weight excluding hydrogens is 160 g/mol. The van der Waals surface area contributed by atoms with Crippen molar-refractivity contribution in [2.75, 3.05) is 20.1 Å². The van der Waals surface area contributed by atoms with Crippen molar-refractivity contribution in [1.29, 1.82) is 0 Å². The number of nitrogens with two attached hydrogens (primary N) is 1. The maximum absolute atomic E-state index is 5.72. The van der Waals surface area contributed by atoms with E-state index in [1.54, 1.807) is 0 Å². The van der Waals surface area contributed by atoms with Crippen molar-refractivity contribution >= 4 is 0 Å². The molecule has 2 heteroatoms. The normalized spacial score (nSPS) is 21.2. The SMILES string of the molecule is CCC(CN)N(C)CC1CCCC1. The van der Waals surface area contributed by atoms with E-state index < -0.39 is 0 Å². The minimum absolute atomic E-state index is 0.598. The van der Waals surface area contributed by atoms with E-state index in [0.717, 1.165) is 12.5 Å². The summed E-state index contributed by atoms with van der Waals surface area (Å²) in [6, 6.07) is 0.598. The van der Waals surface area contributed by atoms with Gasteiger partial charge in [0.2, 0.25) is 0 Å². The minimum atomic E-state index is 0.598. The van der Waals surface area contributed by atoms with E-state index in [1.807, 2.05) is 0 Å². The molecule has 2 nitrogen and oxygen atoms in total. The van der Waals surface area contributed by atoms with Crippen molar-refractivity contribution < 1.29 is 0 Å². The zero-order valence-corrected chi connectivity index (χ0v) is 9.13. The highest BCUT2D eigenvalue weighted by Crippen LogP contribution is 2.25. The third-order valence-electron chi connectivity index (χ3n) is 3.39. The molecule has 0 amide bonds. The third kappa shape index (κ3) is 3.28. The summed E-state index contributed by atoms with van der Waals surface area (Å²) >= 11 is 0. The van der Waals surface area contributed by atoms with Gasteiger partial charge in [-0.3, -0.25) is 0 Å². The van der Waals surface area contributed by atoms with Gasteiger partial charge in [0, 0.05) is 19.1 Å². The lowest BCUT2D eigenvalue weighted by atomic mass is 10.1. The van der Waals surface area contributed by atoms with Crippen LogP contribution in [0.1, 0.15) is 39.0 Å². The van der Waals surface area contributed by atoms with Gasteiger partial charge >= 0.3 is 0 Å². The minimum Gasteiger partial charge on any atom is -0.329 e. The topological polar surface area (TPSA) is 29.3 Å². The van der Waals surface area contributed by atoms with E-state index >= 15 is 0 Å². The van der Waals surface area contributed by atoms with Crippen LogP contribution in [0.5, 0.6) is 0 Å². The fraction of sp³-hybridized carbons (Fsp3) is 1.00. The van der Waals surface area contributed by atoms with E-state index in [2.05, 4.69) is 18.9 Å². The number of nitrogens with zero attached hydrogens (tertiary/aromatic N) is 1. The Kier molecular flexibility index (Phi) is 4.74. The van der Waals surface area contributed by atoms with E-state index in [0.29, 0.717) is 6.04 Å². The molecule has 1 unspecified atom stereocenters. The van der Waals surface area contributed by atoms with Gasteiger partial charge in [-0.15, -0.1) is 0 Å². The predicted octanol–water partition coefficient (Wildman–Crippen LogP) is 1.85. The number of hydrogen-bond acceptors (Lipinski definition) is 2. The van der Waals surface area contributed by atoms with Crippen molar-refractivity contribution in [1.82, 2.24) is 4.90 Å². The third-order valence-corrected chi connectivity index (χ3v) is 3.39. The summed E-state index contributed by atoms with van der Waals surface area (Å²) in [6.07, 6.45) is 6.94. The standard InChI is InChI=1S/C11H24N2/c1-3-11(8-12)13(2)9-10-6-4-5-7-10/h10-11H,3-9,12H2,1-2H3. The van der Waals surface area contributed by atoms with Crippen molar-refractivity contribution in [3.8, 4) is 0 Å². The lowest BCUT2D eigenvalue weighted by molar-refractivity contribution is 0.206. The fourth-order valence-corrected chi connectivity index (χ4v) is 2.41. The number of hydrogen-bond donors (Lipinski definition) is 1. The molecule has 0 aromatic carbocycles. The van der Waals surface area contributed by atoms with Crippen molar-refractivity contribution in [3.63, 3.8) is 0 Å². The Morgan fingerprint density at radius 3 is 2.46 bits per heavy atom. The molecule has 0 aromatic heterocycles. The average Bonchev–Trinajstić information content (AvgIpc) is 2.59. The molecule has 0 heterocycles. The van der Waals surface area contributed by atoms with Crippen molar-refractivity contribution in [3.05, 3.63) is 0 Å². The quantitative estimate of drug-likeness (QED) is 0.706. The summed E-state index contributed by atoms with van der Waals surface area (Å²) < 4.78 is 0. The summed E-state index contributed by atoms with van der Waals surface area (Å²) in [5, 5.41) is 0. The summed E-state index contributed by atoms with van der Waals surface area (Å²) in [7, 11) is 2.22. The smallest absolute Gasteiger partial charge is 0.0212 e. The van der Waals surface area contributed by atoms with Crippen LogP contribution < -0.4 is 5.73 Å². The summed E-state index contributed by atoms with van der Waals surface area (Å²) in [5.74, 6) is 0.950. The average molecular weight is 184 g/mol. The second-order valence-corrected chi connectivity index (χ2v) is 4.39. The summed E-state index contributed by atoms with van der Waals surface area (Å²) in [4.78, 5) is 2.45. The Bertz CT molecular complexity index is 126. The van der Waals surface area contributed by atoms with Crippen LogP contribution in [0.15, 0.2) is 0 Å². The first-order valence-electron chi connectivity index (χ1n) is 5.68. The molecule has 1 atom stereocenters. The van der Waals surface area contributed by atoms with Crippen LogP contribution in [0.25, 0.3) is 0 Å². The Morgan fingerprint density at radius 2 is 2.00 bits per heavy atom. The van der Waals surface area contributed by atoms with Crippen LogP contribution >= 0.6 is 0 Å². The van der Waals surface area contributed by atoms with Gasteiger partial charge in [-0.2, -0.15) is 0 Å². The summed E-state index contributed by atoms with van der Waals surface area (Å²) in [5.41, 5.74) is 5.72. The molecule has 1 aliphatic rings. The van der Waals surface area contributed by atoms with Gasteiger partial charge in [0.15, 0.2) is 0 Å². The molecule has 13 heavy (non-hydrogen) atoms. The Labute approximate surface area is 82.5 Å². The second kappa shape index (κ2) is 5.61. The molecule has 1 rings (SSSR count). The Balaban J connectivity index is 2.25. The van der Waals surface area contributed by atoms with Gasteiger partial charge in [0.25, 0.3) is 0 Å². The van der Waals surface area contributed by atoms with Gasteiger partial charge in [0.1, 0.15) is 0 Å². The molecule has 0 bridgehead atoms. The number of rotatable bonds is 5. The van der Waals surface area contributed by atoms with Crippen molar-refractivity contribution in [2.24, 2.45) is 11.7 Å². The Morgan fingerprint density at radius 1 is 1.38 bits per heavy atom. The Hall–Kier alpha value is -0.0800. The predicted molar refractivity (Wildman–Crippen MR) is 57.7 cm³/mol. The van der Waals surface area contributed by atoms with E-state index in [1.165, 1.54) is 38.6 Å². The van der Waals surface area contributed by atoms with Gasteiger partial charge in [0.05, 0.1) is 0 Å². The first-order valence-corrected chi connectivity index (χ1v) is 5.68. The van der Waals surface area contributed by atoms with Gasteiger partial charge in [-0.25, -0.2) is 0 Å². The lowest BCUT2D eigenvalue weighted by Crippen LogP contribution is -2.39. The zero-order chi connectivity index (χ0) is 9.68. The van der Waals surface area contributed by atoms with Crippen molar-refractivity contribution in [2.45, 2.75) is 45.1 Å². The molecule has 0 aromatic rings. The molecule has 0 spiro atoms. The first kappa shape index (κ1) is 11.0. The molecule has 1 fully saturated rings. The highest BCUT2D eigenvalue weighted by molar-refractivity contribution is 4.74. The highest BCUT2D eigenvalue weighted by atomic mass is 15.1. The molecule has 0 aliphatic heterocycles. The monoisotopic (exact) mass is 184 g/mol. The molecule has 1 saturated carbocycles. The summed E-state index contributed by atoms with van der Waals surface area (Å²) in [6.45, 7) is 4.29. The maximum Gasteiger partial charge on any atom is 0.0212 e. The maximum atomic E-state index is 5.72. The van der Waals surface area contributed by atoms with E-state index in [9.17, 15) is 0 Å². The van der Waals surface area contributed by atoms with Crippen LogP contribution in [0.3, 0.4) is 0 Å². The molecule has 78 valence electrons. The van der Waals surface area contributed by atoms with Crippen LogP contribution in [0.2, 0.25) is 0 Å². The second-order valence-electron chi connectivity index (χ2n) is 4.39. The van der Waals surface area contributed by atoms with E-state index in [-0.39, 0.29) is 0 Å². The molecule has 0 radical (unpaired) electrons. The lowest BCUT2D eigenvalue weighted by Gasteiger charge is -2.28. The molecule has 2 N–H and O–H groups in total. The largest absolute Gasteiger partial charge is 0.329 e. The van der Waals surface area contributed by atoms with Gasteiger partial charge in [-0.05, 0) is 32.2 Å². The fourth-order valence-electron chi connectivity index (χ4n) is 2.41. The van der Waals surface area contributed by atoms with Crippen LogP contribution in [0, 0.1) is 5.92 Å². The molecular formula is C11H24N2. The van der Waals surface area contributed by atoms with Gasteiger partial charge in [-0.1, -0.05) is 19.8 Å². The zero-order valence-electron chi connectivity index (χ0n) is 9.13. The van der Waals surface area contributed by atoms with Gasteiger partial charge < -0.3 is 10.6 Å². The molecule has 0 saturated heterocycles. The molecule has 1 aliphatic carbocycles. The first-order chi connectivity index (χ1) is 6.27. The van der Waals surface area contributed by atoms with Crippen LogP contribution in [-0.2, 0) is 0 Å². The van der Waals surface area contributed by atoms with E-state index in [4.69, 9.17) is 5.73 Å². The number of likely N-dealkylation sites (N-methyl/N-ethyl adjacent to an activating group) is 1. The highest BCUT2D eigenvalue weighted by Gasteiger charge is 2.19. The van der Waals surface area contributed by atoms with Crippen LogP contribution in [0.4, 0.5) is 0 Å².